The molecule has 0 aliphatic rings. The number of benzene rings is 2. The molecule has 0 heterocycles. The van der Waals surface area contributed by atoms with Gasteiger partial charge in [0.15, 0.2) is 0 Å². The summed E-state index contributed by atoms with van der Waals surface area (Å²) in [4.78, 5) is 12.5. The molecule has 158 valence electrons. The Balaban J connectivity index is 1.92. The highest BCUT2D eigenvalue weighted by molar-refractivity contribution is 7.89. The van der Waals surface area contributed by atoms with Crippen molar-refractivity contribution in [1.82, 2.24) is 10.0 Å². The number of carbonyl (C=O) groups excluding carboxylic acids is 1. The summed E-state index contributed by atoms with van der Waals surface area (Å²) in [5, 5.41) is 2.88. The third-order valence-electron chi connectivity index (χ3n) is 4.58. The monoisotopic (exact) mass is 418 g/mol. The fraction of sp³-hybridized carbons (Fsp3) is 0.409. The molecular formula is C22H30N2O4S. The maximum absolute atomic E-state index is 12.6. The topological polar surface area (TPSA) is 84.5 Å². The van der Waals surface area contributed by atoms with E-state index in [9.17, 15) is 13.2 Å². The van der Waals surface area contributed by atoms with Crippen molar-refractivity contribution in [3.8, 4) is 5.75 Å². The predicted molar refractivity (Wildman–Crippen MR) is 114 cm³/mol. The van der Waals surface area contributed by atoms with Crippen molar-refractivity contribution in [2.24, 2.45) is 0 Å². The highest BCUT2D eigenvalue weighted by Crippen LogP contribution is 2.22. The van der Waals surface area contributed by atoms with Crippen LogP contribution in [0.15, 0.2) is 53.4 Å². The van der Waals surface area contributed by atoms with Crippen LogP contribution in [0, 0.1) is 6.92 Å². The molecule has 7 heteroatoms. The summed E-state index contributed by atoms with van der Waals surface area (Å²) in [5.74, 6) is 0.293. The maximum Gasteiger partial charge on any atom is 0.241 e. The van der Waals surface area contributed by atoms with Gasteiger partial charge in [0.05, 0.1) is 17.5 Å². The lowest BCUT2D eigenvalue weighted by Gasteiger charge is -2.19. The standard InChI is InChI=1S/C22H30N2O4S/c1-5-28-21-14-13-20(15-16(21)2)29(26,27)24-18(4)22(25)23-17(3)11-12-19-9-7-6-8-10-19/h6-10,13-15,17-18,24H,5,11-12H2,1-4H3,(H,23,25)/t17-,18+/m1/s1. The highest BCUT2D eigenvalue weighted by Gasteiger charge is 2.23. The molecule has 1 amide bonds. The minimum atomic E-state index is -3.82. The summed E-state index contributed by atoms with van der Waals surface area (Å²) >= 11 is 0. The number of hydrogen-bond acceptors (Lipinski definition) is 4. The van der Waals surface area contributed by atoms with Crippen molar-refractivity contribution in [1.29, 1.82) is 0 Å². The van der Waals surface area contributed by atoms with Crippen LogP contribution in [-0.2, 0) is 21.2 Å². The van der Waals surface area contributed by atoms with Gasteiger partial charge in [0.2, 0.25) is 15.9 Å². The Morgan fingerprint density at radius 1 is 1.10 bits per heavy atom. The molecule has 0 aromatic heterocycles. The molecular weight excluding hydrogens is 388 g/mol. The molecule has 0 unspecified atom stereocenters. The Hall–Kier alpha value is -2.38. The number of nitrogens with one attached hydrogen (secondary N) is 2. The Morgan fingerprint density at radius 3 is 2.41 bits per heavy atom. The second kappa shape index (κ2) is 10.4. The molecule has 0 saturated heterocycles. The lowest BCUT2D eigenvalue weighted by Crippen LogP contribution is -2.47. The summed E-state index contributed by atoms with van der Waals surface area (Å²) in [6.45, 7) is 7.61. The first-order chi connectivity index (χ1) is 13.7. The van der Waals surface area contributed by atoms with Crippen LogP contribution in [0.5, 0.6) is 5.75 Å². The first-order valence-electron chi connectivity index (χ1n) is 9.83. The average Bonchev–Trinajstić information content (AvgIpc) is 2.68. The van der Waals surface area contributed by atoms with Crippen LogP contribution >= 0.6 is 0 Å². The van der Waals surface area contributed by atoms with Gasteiger partial charge in [-0.15, -0.1) is 0 Å². The molecule has 0 spiro atoms. The summed E-state index contributed by atoms with van der Waals surface area (Å²) < 4.78 is 33.2. The second-order valence-corrected chi connectivity index (χ2v) is 8.85. The van der Waals surface area contributed by atoms with E-state index in [1.807, 2.05) is 44.2 Å². The molecule has 0 bridgehead atoms. The maximum atomic E-state index is 12.6. The van der Waals surface area contributed by atoms with Crippen LogP contribution in [0.1, 0.15) is 38.3 Å². The van der Waals surface area contributed by atoms with Crippen LogP contribution in [0.2, 0.25) is 0 Å². The van der Waals surface area contributed by atoms with Crippen LogP contribution in [-0.4, -0.2) is 33.0 Å². The van der Waals surface area contributed by atoms with Crippen LogP contribution in [0.25, 0.3) is 0 Å². The van der Waals surface area contributed by atoms with E-state index in [2.05, 4.69) is 10.0 Å². The molecule has 6 nitrogen and oxygen atoms in total. The molecule has 0 aliphatic carbocycles. The van der Waals surface area contributed by atoms with E-state index in [-0.39, 0.29) is 16.8 Å². The van der Waals surface area contributed by atoms with Crippen molar-refractivity contribution >= 4 is 15.9 Å². The molecule has 0 radical (unpaired) electrons. The van der Waals surface area contributed by atoms with E-state index in [4.69, 9.17) is 4.74 Å². The van der Waals surface area contributed by atoms with Crippen LogP contribution in [0.4, 0.5) is 0 Å². The van der Waals surface area contributed by atoms with Gasteiger partial charge in [-0.3, -0.25) is 4.79 Å². The smallest absolute Gasteiger partial charge is 0.241 e. The fourth-order valence-corrected chi connectivity index (χ4v) is 4.22. The molecule has 2 aromatic carbocycles. The normalized spacial score (nSPS) is 13.5. The van der Waals surface area contributed by atoms with Gasteiger partial charge < -0.3 is 10.1 Å². The predicted octanol–water partition coefficient (Wildman–Crippen LogP) is 3.20. The van der Waals surface area contributed by atoms with Crippen LogP contribution in [0.3, 0.4) is 0 Å². The Morgan fingerprint density at radius 2 is 1.79 bits per heavy atom. The first kappa shape index (κ1) is 22.9. The number of hydrogen-bond donors (Lipinski definition) is 2. The zero-order chi connectivity index (χ0) is 21.4. The van der Waals surface area contributed by atoms with E-state index in [1.165, 1.54) is 18.6 Å². The molecule has 29 heavy (non-hydrogen) atoms. The van der Waals surface area contributed by atoms with Crippen molar-refractivity contribution in [2.75, 3.05) is 6.61 Å². The quantitative estimate of drug-likeness (QED) is 0.621. The number of ether oxygens (including phenoxy) is 1. The van der Waals surface area contributed by atoms with Gasteiger partial charge in [-0.25, -0.2) is 8.42 Å². The van der Waals surface area contributed by atoms with Gasteiger partial charge in [0, 0.05) is 6.04 Å². The van der Waals surface area contributed by atoms with E-state index in [1.54, 1.807) is 19.1 Å². The van der Waals surface area contributed by atoms with Crippen LogP contribution < -0.4 is 14.8 Å². The second-order valence-electron chi connectivity index (χ2n) is 7.14. The molecule has 2 aromatic rings. The molecule has 0 fully saturated rings. The third-order valence-corrected chi connectivity index (χ3v) is 6.12. The van der Waals surface area contributed by atoms with Crippen molar-refractivity contribution in [3.05, 3.63) is 59.7 Å². The van der Waals surface area contributed by atoms with E-state index in [0.717, 1.165) is 18.4 Å². The van der Waals surface area contributed by atoms with Gasteiger partial charge in [0.1, 0.15) is 5.75 Å². The number of amides is 1. The van der Waals surface area contributed by atoms with Gasteiger partial charge in [-0.05, 0) is 69.9 Å². The minimum Gasteiger partial charge on any atom is -0.494 e. The number of aryl methyl sites for hydroxylation is 2. The molecule has 0 saturated carbocycles. The third kappa shape index (κ3) is 6.87. The van der Waals surface area contributed by atoms with Gasteiger partial charge in [-0.2, -0.15) is 4.72 Å². The van der Waals surface area contributed by atoms with Gasteiger partial charge in [0.25, 0.3) is 0 Å². The number of carbonyl (C=O) groups is 1. The summed E-state index contributed by atoms with van der Waals surface area (Å²) in [6.07, 6.45) is 1.61. The lowest BCUT2D eigenvalue weighted by atomic mass is 10.1. The lowest BCUT2D eigenvalue weighted by molar-refractivity contribution is -0.123. The SMILES string of the molecule is CCOc1ccc(S(=O)(=O)N[C@@H](C)C(=O)N[C@H](C)CCc2ccccc2)cc1C. The Bertz CT molecular complexity index is 914. The van der Waals surface area contributed by atoms with E-state index < -0.39 is 16.1 Å². The molecule has 2 rings (SSSR count). The van der Waals surface area contributed by atoms with Gasteiger partial charge >= 0.3 is 0 Å². The van der Waals surface area contributed by atoms with Crippen molar-refractivity contribution < 1.29 is 17.9 Å². The van der Waals surface area contributed by atoms with E-state index >= 15 is 0 Å². The number of rotatable bonds is 10. The summed E-state index contributed by atoms with van der Waals surface area (Å²) in [7, 11) is -3.82. The largest absolute Gasteiger partial charge is 0.494 e. The minimum absolute atomic E-state index is 0.0672. The zero-order valence-electron chi connectivity index (χ0n) is 17.4. The highest BCUT2D eigenvalue weighted by atomic mass is 32.2. The zero-order valence-corrected chi connectivity index (χ0v) is 18.3. The molecule has 2 N–H and O–H groups in total. The first-order valence-corrected chi connectivity index (χ1v) is 11.3. The average molecular weight is 419 g/mol. The van der Waals surface area contributed by atoms with E-state index in [0.29, 0.717) is 12.4 Å². The fourth-order valence-electron chi connectivity index (χ4n) is 2.93. The van der Waals surface area contributed by atoms with Gasteiger partial charge in [-0.1, -0.05) is 30.3 Å². The number of sulfonamides is 1. The summed E-state index contributed by atoms with van der Waals surface area (Å²) in [5.41, 5.74) is 1.93. The Labute approximate surface area is 173 Å². The van der Waals surface area contributed by atoms with Crippen molar-refractivity contribution in [2.45, 2.75) is 57.5 Å². The van der Waals surface area contributed by atoms with Crippen molar-refractivity contribution in [3.63, 3.8) is 0 Å². The molecule has 0 aliphatic heterocycles. The molecule has 2 atom stereocenters. The Kier molecular flexibility index (Phi) is 8.22. The summed E-state index contributed by atoms with van der Waals surface area (Å²) in [6, 6.07) is 13.7.